The van der Waals surface area contributed by atoms with E-state index in [1.165, 1.54) is 17.0 Å². The molecule has 1 aliphatic heterocycles. The number of carbonyl (C=O) groups excluding carboxylic acids is 5. The van der Waals surface area contributed by atoms with E-state index in [1.54, 1.807) is 68.0 Å². The smallest absolute Gasteiger partial charge is 0.416 e. The molecular formula is C58H65F3N6O10S. The maximum atomic E-state index is 14.0. The van der Waals surface area contributed by atoms with Gasteiger partial charge in [0, 0.05) is 37.0 Å². The van der Waals surface area contributed by atoms with Gasteiger partial charge in [-0.25, -0.2) is 4.98 Å². The summed E-state index contributed by atoms with van der Waals surface area (Å²) in [6, 6.07) is 27.6. The van der Waals surface area contributed by atoms with E-state index in [4.69, 9.17) is 18.9 Å². The molecule has 0 saturated carbocycles. The van der Waals surface area contributed by atoms with Crippen LogP contribution in [0.2, 0.25) is 0 Å². The molecule has 6 aromatic rings. The molecular weight excluding hydrogens is 1030 g/mol. The van der Waals surface area contributed by atoms with E-state index < -0.39 is 53.1 Å². The van der Waals surface area contributed by atoms with E-state index >= 15 is 0 Å². The molecule has 7 rings (SSSR count). The zero-order valence-electron chi connectivity index (χ0n) is 44.1. The van der Waals surface area contributed by atoms with Crippen LogP contribution in [0.1, 0.15) is 78.5 Å². The Morgan fingerprint density at radius 3 is 2.18 bits per heavy atom. The lowest BCUT2D eigenvalue weighted by Crippen LogP contribution is -2.58. The Labute approximate surface area is 455 Å². The molecule has 1 saturated heterocycles. The average molecular weight is 1100 g/mol. The van der Waals surface area contributed by atoms with Crippen molar-refractivity contribution in [3.63, 3.8) is 0 Å². The Morgan fingerprint density at radius 2 is 1.49 bits per heavy atom. The highest BCUT2D eigenvalue weighted by Crippen LogP contribution is 2.35. The third-order valence-corrected chi connectivity index (χ3v) is 13.9. The number of likely N-dealkylation sites (tertiary alicyclic amines) is 1. The van der Waals surface area contributed by atoms with Gasteiger partial charge in [0.1, 0.15) is 30.2 Å². The number of halogens is 3. The molecule has 2 heterocycles. The number of rotatable bonds is 24. The van der Waals surface area contributed by atoms with Crippen molar-refractivity contribution in [2.45, 2.75) is 84.4 Å². The van der Waals surface area contributed by atoms with E-state index in [0.29, 0.717) is 22.1 Å². The summed E-state index contributed by atoms with van der Waals surface area (Å²) in [6.07, 6.45) is -5.18. The third kappa shape index (κ3) is 16.4. The summed E-state index contributed by atoms with van der Waals surface area (Å²) in [7, 11) is 0. The second kappa shape index (κ2) is 26.9. The number of ether oxygens (including phenoxy) is 4. The number of aryl methyl sites for hydroxylation is 1. The van der Waals surface area contributed by atoms with Gasteiger partial charge in [0.2, 0.25) is 23.6 Å². The molecule has 1 unspecified atom stereocenters. The van der Waals surface area contributed by atoms with Crippen molar-refractivity contribution in [1.29, 1.82) is 0 Å². The number of aromatic nitrogens is 1. The summed E-state index contributed by atoms with van der Waals surface area (Å²) in [5.41, 5.74) is 5.10. The van der Waals surface area contributed by atoms with Crippen LogP contribution in [0, 0.1) is 12.3 Å². The van der Waals surface area contributed by atoms with E-state index in [1.807, 2.05) is 68.4 Å². The number of benzene rings is 5. The van der Waals surface area contributed by atoms with Gasteiger partial charge >= 0.3 is 6.18 Å². The fraction of sp³-hybridized carbons (Fsp3) is 0.379. The molecule has 20 heteroatoms. The second-order valence-electron chi connectivity index (χ2n) is 20.0. The number of fused-ring (bicyclic) bond motifs is 1. The molecule has 78 heavy (non-hydrogen) atoms. The SMILES string of the molecule is Cc1ncsc1-c1ccc([C@H](C)NC(=O)C2C[C@@H](O)CN2C(=O)[C@@H](NC(=O)COCCOCCOCCNC(=O)Cc2cccc(CNC(=O)c3ccc4c(Oc5ccc(C(F)(F)F)cc5)cccc4c3)c2)C(C)(C)C)cc1. The number of carbonyl (C=O) groups is 5. The minimum Gasteiger partial charge on any atom is -0.457 e. The number of aliphatic hydroxyl groups is 1. The standard InChI is InChI=1S/C58H65F3N6O10S/c1-36(40-12-14-41(15-13-40)52-37(2)64-35-78-52)65-55(72)48-31-45(68)33-67(48)56(73)53(57(3,4)5)66-51(70)34-76-27-26-75-25-24-74-23-22-62-50(69)29-38-8-6-9-39(28-38)32-63-54(71)43-16-21-47-42(30-43)10-7-11-49(47)77-46-19-17-44(18-20-46)58(59,60)61/h6-21,28,30,35-36,45,48,53,68H,22-27,29,31-34H2,1-5H3,(H,62,69)(H,63,71)(H,65,72)(H,66,70)/t36-,45+,48?,53+/m0/s1. The Balaban J connectivity index is 0.746. The normalized spacial score (nSPS) is 15.4. The molecule has 1 aromatic heterocycles. The van der Waals surface area contributed by atoms with Crippen LogP contribution in [-0.4, -0.2) is 115 Å². The number of nitrogens with one attached hydrogen (secondary N) is 4. The summed E-state index contributed by atoms with van der Waals surface area (Å²) in [4.78, 5) is 73.3. The molecule has 5 N–H and O–H groups in total. The predicted molar refractivity (Wildman–Crippen MR) is 289 cm³/mol. The maximum absolute atomic E-state index is 14.0. The van der Waals surface area contributed by atoms with Gasteiger partial charge in [-0.2, -0.15) is 13.2 Å². The zero-order chi connectivity index (χ0) is 56.0. The molecule has 16 nitrogen and oxygen atoms in total. The van der Waals surface area contributed by atoms with Crippen LogP contribution in [0.4, 0.5) is 13.2 Å². The molecule has 0 bridgehead atoms. The van der Waals surface area contributed by atoms with Gasteiger partial charge in [0.05, 0.1) is 73.2 Å². The maximum Gasteiger partial charge on any atom is 0.416 e. The molecule has 4 atom stereocenters. The van der Waals surface area contributed by atoms with Gasteiger partial charge < -0.3 is 50.2 Å². The minimum atomic E-state index is -4.45. The predicted octanol–water partition coefficient (Wildman–Crippen LogP) is 8.09. The van der Waals surface area contributed by atoms with Crippen LogP contribution >= 0.6 is 11.3 Å². The van der Waals surface area contributed by atoms with Crippen molar-refractivity contribution >= 4 is 51.6 Å². The highest BCUT2D eigenvalue weighted by atomic mass is 32.1. The van der Waals surface area contributed by atoms with Crippen LogP contribution < -0.4 is 26.0 Å². The molecule has 0 radical (unpaired) electrons. The molecule has 0 spiro atoms. The van der Waals surface area contributed by atoms with E-state index in [2.05, 4.69) is 26.3 Å². The Hall–Kier alpha value is -7.23. The van der Waals surface area contributed by atoms with Crippen LogP contribution in [0.5, 0.6) is 11.5 Å². The average Bonchev–Trinajstić information content (AvgIpc) is 4.09. The van der Waals surface area contributed by atoms with Gasteiger partial charge in [0.15, 0.2) is 0 Å². The van der Waals surface area contributed by atoms with Crippen LogP contribution in [0.25, 0.3) is 21.2 Å². The molecule has 5 aromatic carbocycles. The molecule has 1 aliphatic rings. The quantitative estimate of drug-likeness (QED) is 0.0366. The number of thiazole rings is 1. The lowest BCUT2D eigenvalue weighted by molar-refractivity contribution is -0.144. The zero-order valence-corrected chi connectivity index (χ0v) is 44.9. The number of nitrogens with zero attached hydrogens (tertiary/aromatic N) is 2. The molecule has 414 valence electrons. The van der Waals surface area contributed by atoms with Gasteiger partial charge in [0.25, 0.3) is 5.91 Å². The monoisotopic (exact) mass is 1090 g/mol. The highest BCUT2D eigenvalue weighted by molar-refractivity contribution is 7.13. The van der Waals surface area contributed by atoms with Gasteiger partial charge in [-0.15, -0.1) is 11.3 Å². The molecule has 5 amide bonds. The van der Waals surface area contributed by atoms with Crippen LogP contribution in [0.15, 0.2) is 115 Å². The lowest BCUT2D eigenvalue weighted by atomic mass is 9.85. The van der Waals surface area contributed by atoms with E-state index in [-0.39, 0.29) is 95.7 Å². The van der Waals surface area contributed by atoms with Crippen LogP contribution in [-0.2, 0) is 52.5 Å². The van der Waals surface area contributed by atoms with Gasteiger partial charge in [-0.05, 0) is 95.4 Å². The van der Waals surface area contributed by atoms with Crippen LogP contribution in [0.3, 0.4) is 0 Å². The van der Waals surface area contributed by atoms with Gasteiger partial charge in [-0.1, -0.05) is 81.4 Å². The fourth-order valence-corrected chi connectivity index (χ4v) is 9.60. The van der Waals surface area contributed by atoms with Crippen molar-refractivity contribution < 1.29 is 61.2 Å². The van der Waals surface area contributed by atoms with Crippen molar-refractivity contribution in [3.8, 4) is 21.9 Å². The Morgan fingerprint density at radius 1 is 0.795 bits per heavy atom. The Kier molecular flexibility index (Phi) is 20.2. The first-order chi connectivity index (χ1) is 37.2. The lowest BCUT2D eigenvalue weighted by Gasteiger charge is -2.35. The van der Waals surface area contributed by atoms with Crippen molar-refractivity contribution in [2.24, 2.45) is 5.41 Å². The first-order valence-electron chi connectivity index (χ1n) is 25.6. The number of β-amino-alcohol motifs (C(OH)–C–C–N with tert-alkyl or cyclic N) is 1. The number of amides is 5. The topological polar surface area (TPSA) is 207 Å². The van der Waals surface area contributed by atoms with Crippen molar-refractivity contribution in [2.75, 3.05) is 52.7 Å². The van der Waals surface area contributed by atoms with Crippen molar-refractivity contribution in [3.05, 3.63) is 148 Å². The van der Waals surface area contributed by atoms with E-state index in [9.17, 15) is 42.3 Å². The first kappa shape index (κ1) is 58.5. The van der Waals surface area contributed by atoms with Crippen molar-refractivity contribution in [1.82, 2.24) is 31.2 Å². The minimum absolute atomic E-state index is 0.0490. The third-order valence-electron chi connectivity index (χ3n) is 12.9. The number of aliphatic hydroxyl groups excluding tert-OH is 1. The highest BCUT2D eigenvalue weighted by Gasteiger charge is 2.45. The summed E-state index contributed by atoms with van der Waals surface area (Å²) in [6.45, 7) is 10.4. The van der Waals surface area contributed by atoms with Gasteiger partial charge in [-0.3, -0.25) is 24.0 Å². The summed E-state index contributed by atoms with van der Waals surface area (Å²) >= 11 is 1.56. The molecule has 0 aliphatic carbocycles. The number of hydrogen-bond donors (Lipinski definition) is 5. The summed E-state index contributed by atoms with van der Waals surface area (Å²) < 4.78 is 61.5. The first-order valence-corrected chi connectivity index (χ1v) is 26.4. The second-order valence-corrected chi connectivity index (χ2v) is 20.9. The summed E-state index contributed by atoms with van der Waals surface area (Å²) in [5, 5.41) is 23.5. The van der Waals surface area contributed by atoms with E-state index in [0.717, 1.165) is 45.0 Å². The number of alkyl halides is 3. The fourth-order valence-electron chi connectivity index (χ4n) is 8.79. The molecule has 1 fully saturated rings. The number of hydrogen-bond acceptors (Lipinski definition) is 12. The summed E-state index contributed by atoms with van der Waals surface area (Å²) in [5.74, 6) is -1.25. The Bertz CT molecular complexity index is 3020. The largest absolute Gasteiger partial charge is 0.457 e.